The van der Waals surface area contributed by atoms with Crippen molar-refractivity contribution in [3.63, 3.8) is 0 Å². The van der Waals surface area contributed by atoms with Crippen molar-refractivity contribution in [2.24, 2.45) is 0 Å². The van der Waals surface area contributed by atoms with Gasteiger partial charge in [-0.15, -0.1) is 0 Å². The number of hydrogen-bond acceptors (Lipinski definition) is 5. The molecule has 6 heteroatoms. The van der Waals surface area contributed by atoms with Crippen LogP contribution >= 0.6 is 0 Å². The quantitative estimate of drug-likeness (QED) is 0.806. The summed E-state index contributed by atoms with van der Waals surface area (Å²) < 4.78 is 5.24. The number of carboxylic acid groups (broad SMARTS) is 1. The van der Waals surface area contributed by atoms with Crippen LogP contribution < -0.4 is 10.1 Å². The normalized spacial score (nSPS) is 15.7. The van der Waals surface area contributed by atoms with E-state index in [1.165, 1.54) is 24.5 Å². The highest BCUT2D eigenvalue weighted by Gasteiger charge is 2.23. The average Bonchev–Trinajstić information content (AvgIpc) is 3.17. The molecule has 3 rings (SSSR count). The molecule has 0 radical (unpaired) electrons. The molecule has 0 aliphatic carbocycles. The van der Waals surface area contributed by atoms with E-state index in [2.05, 4.69) is 27.3 Å². The molecule has 2 heterocycles. The second-order valence-corrected chi connectivity index (χ2v) is 6.13. The molecule has 1 atom stereocenters. The number of anilines is 1. The van der Waals surface area contributed by atoms with Gasteiger partial charge in [-0.2, -0.15) is 0 Å². The Bertz CT molecular complexity index is 712. The third kappa shape index (κ3) is 4.28. The van der Waals surface area contributed by atoms with Crippen LogP contribution in [0, 0.1) is 0 Å². The molecule has 1 fully saturated rings. The van der Waals surface area contributed by atoms with Gasteiger partial charge in [-0.3, -0.25) is 4.90 Å². The van der Waals surface area contributed by atoms with Gasteiger partial charge in [-0.05, 0) is 55.8 Å². The van der Waals surface area contributed by atoms with Crippen molar-refractivity contribution < 1.29 is 14.6 Å². The Kier molecular flexibility index (Phi) is 5.50. The summed E-state index contributed by atoms with van der Waals surface area (Å²) in [6, 6.07) is 13.3. The molecule has 1 aliphatic rings. The van der Waals surface area contributed by atoms with Gasteiger partial charge in [0.1, 0.15) is 11.6 Å². The molecule has 2 N–H and O–H groups in total. The second-order valence-electron chi connectivity index (χ2n) is 6.13. The van der Waals surface area contributed by atoms with E-state index < -0.39 is 5.97 Å². The Morgan fingerprint density at radius 2 is 1.96 bits per heavy atom. The van der Waals surface area contributed by atoms with Crippen LogP contribution in [0.15, 0.2) is 42.5 Å². The first kappa shape index (κ1) is 17.2. The van der Waals surface area contributed by atoms with Gasteiger partial charge < -0.3 is 15.2 Å². The molecule has 1 unspecified atom stereocenters. The van der Waals surface area contributed by atoms with Gasteiger partial charge >= 0.3 is 5.97 Å². The maximum atomic E-state index is 11.1. The summed E-state index contributed by atoms with van der Waals surface area (Å²) in [6.45, 7) is 2.81. The summed E-state index contributed by atoms with van der Waals surface area (Å²) in [7, 11) is 1.66. The number of likely N-dealkylation sites (tertiary alicyclic amines) is 1. The summed E-state index contributed by atoms with van der Waals surface area (Å²) in [4.78, 5) is 17.7. The molecule has 0 amide bonds. The monoisotopic (exact) mass is 341 g/mol. The third-order valence-corrected chi connectivity index (χ3v) is 4.53. The fourth-order valence-corrected chi connectivity index (χ4v) is 3.19. The van der Waals surface area contributed by atoms with Gasteiger partial charge in [0, 0.05) is 6.54 Å². The molecular weight excluding hydrogens is 318 g/mol. The molecule has 6 nitrogen and oxygen atoms in total. The Morgan fingerprint density at radius 1 is 1.24 bits per heavy atom. The second kappa shape index (κ2) is 7.98. The maximum Gasteiger partial charge on any atom is 0.354 e. The Morgan fingerprint density at radius 3 is 2.60 bits per heavy atom. The zero-order valence-electron chi connectivity index (χ0n) is 14.3. The highest BCUT2D eigenvalue weighted by Crippen LogP contribution is 2.27. The van der Waals surface area contributed by atoms with Crippen LogP contribution in [0.1, 0.15) is 34.9 Å². The Hall–Kier alpha value is -2.60. The van der Waals surface area contributed by atoms with E-state index in [0.717, 1.165) is 18.8 Å². The standard InChI is InChI=1S/C19H23N3O3/c1-25-15-9-7-14(8-10-15)17(22-11-2-3-12-22)13-20-18-6-4-5-16(21-18)19(23)24/h4-10,17H,2-3,11-13H2,1H3,(H,20,21)(H,23,24). The smallest absolute Gasteiger partial charge is 0.354 e. The summed E-state index contributed by atoms with van der Waals surface area (Å²) in [5.74, 6) is 0.403. The maximum absolute atomic E-state index is 11.1. The van der Waals surface area contributed by atoms with E-state index >= 15 is 0 Å². The molecule has 1 aromatic carbocycles. The van der Waals surface area contributed by atoms with Crippen LogP contribution in [0.25, 0.3) is 0 Å². The number of nitrogens with one attached hydrogen (secondary N) is 1. The van der Waals surface area contributed by atoms with Crippen molar-refractivity contribution >= 4 is 11.8 Å². The lowest BCUT2D eigenvalue weighted by Crippen LogP contribution is -2.31. The number of nitrogens with zero attached hydrogens (tertiary/aromatic N) is 2. The number of hydrogen-bond donors (Lipinski definition) is 2. The molecule has 1 aliphatic heterocycles. The fourth-order valence-electron chi connectivity index (χ4n) is 3.19. The van der Waals surface area contributed by atoms with E-state index in [1.54, 1.807) is 19.2 Å². The van der Waals surface area contributed by atoms with Crippen molar-refractivity contribution in [2.45, 2.75) is 18.9 Å². The first-order chi connectivity index (χ1) is 12.2. The van der Waals surface area contributed by atoms with Crippen molar-refractivity contribution in [2.75, 3.05) is 32.1 Å². The summed E-state index contributed by atoms with van der Waals surface area (Å²) in [5, 5.41) is 12.4. The van der Waals surface area contributed by atoms with Gasteiger partial charge in [0.05, 0.1) is 13.2 Å². The van der Waals surface area contributed by atoms with Crippen LogP contribution in [-0.4, -0.2) is 47.7 Å². The predicted molar refractivity (Wildman–Crippen MR) is 96.2 cm³/mol. The van der Waals surface area contributed by atoms with Crippen molar-refractivity contribution in [3.8, 4) is 5.75 Å². The van der Waals surface area contributed by atoms with E-state index in [9.17, 15) is 4.79 Å². The zero-order chi connectivity index (χ0) is 17.6. The van der Waals surface area contributed by atoms with Crippen LogP contribution in [0.4, 0.5) is 5.82 Å². The number of pyridine rings is 1. The minimum Gasteiger partial charge on any atom is -0.497 e. The third-order valence-electron chi connectivity index (χ3n) is 4.53. The molecule has 132 valence electrons. The van der Waals surface area contributed by atoms with E-state index in [1.807, 2.05) is 12.1 Å². The van der Waals surface area contributed by atoms with Crippen LogP contribution in [0.2, 0.25) is 0 Å². The minimum absolute atomic E-state index is 0.0483. The predicted octanol–water partition coefficient (Wildman–Crippen LogP) is 3.04. The SMILES string of the molecule is COc1ccc(C(CNc2cccc(C(=O)O)n2)N2CCCC2)cc1. The summed E-state index contributed by atoms with van der Waals surface area (Å²) in [5.41, 5.74) is 1.26. The van der Waals surface area contributed by atoms with Gasteiger partial charge in [0.2, 0.25) is 0 Å². The summed E-state index contributed by atoms with van der Waals surface area (Å²) in [6.07, 6.45) is 2.42. The zero-order valence-corrected chi connectivity index (χ0v) is 14.3. The lowest BCUT2D eigenvalue weighted by molar-refractivity contribution is 0.0690. The summed E-state index contributed by atoms with van der Waals surface area (Å²) >= 11 is 0. The fraction of sp³-hybridized carbons (Fsp3) is 0.368. The molecule has 1 aromatic heterocycles. The van der Waals surface area contributed by atoms with Gasteiger partial charge in [-0.1, -0.05) is 18.2 Å². The first-order valence-electron chi connectivity index (χ1n) is 8.49. The van der Waals surface area contributed by atoms with Gasteiger partial charge in [-0.25, -0.2) is 9.78 Å². The number of carbonyl (C=O) groups is 1. The molecule has 1 saturated heterocycles. The number of benzene rings is 1. The highest BCUT2D eigenvalue weighted by atomic mass is 16.5. The van der Waals surface area contributed by atoms with Gasteiger partial charge in [0.25, 0.3) is 0 Å². The van der Waals surface area contributed by atoms with Crippen LogP contribution in [0.3, 0.4) is 0 Å². The number of methoxy groups -OCH3 is 1. The van der Waals surface area contributed by atoms with Crippen molar-refractivity contribution in [1.29, 1.82) is 0 Å². The number of carboxylic acids is 1. The number of ether oxygens (including phenoxy) is 1. The molecule has 0 bridgehead atoms. The van der Waals surface area contributed by atoms with Crippen molar-refractivity contribution in [3.05, 3.63) is 53.7 Å². The van der Waals surface area contributed by atoms with Crippen molar-refractivity contribution in [1.82, 2.24) is 9.88 Å². The molecule has 0 saturated carbocycles. The van der Waals surface area contributed by atoms with E-state index in [0.29, 0.717) is 12.4 Å². The minimum atomic E-state index is -1.02. The number of aromatic nitrogens is 1. The Balaban J connectivity index is 1.75. The lowest BCUT2D eigenvalue weighted by Gasteiger charge is -2.28. The highest BCUT2D eigenvalue weighted by molar-refractivity contribution is 5.85. The average molecular weight is 341 g/mol. The van der Waals surface area contributed by atoms with Crippen LogP contribution in [-0.2, 0) is 0 Å². The van der Waals surface area contributed by atoms with Crippen LogP contribution in [0.5, 0.6) is 5.75 Å². The Labute approximate surface area is 147 Å². The molecular formula is C19H23N3O3. The molecule has 0 spiro atoms. The molecule has 2 aromatic rings. The van der Waals surface area contributed by atoms with Gasteiger partial charge in [0.15, 0.2) is 5.69 Å². The topological polar surface area (TPSA) is 74.7 Å². The number of rotatable bonds is 7. The molecule has 25 heavy (non-hydrogen) atoms. The van der Waals surface area contributed by atoms with E-state index in [4.69, 9.17) is 9.84 Å². The van der Waals surface area contributed by atoms with E-state index in [-0.39, 0.29) is 11.7 Å². The number of aromatic carboxylic acids is 1. The lowest BCUT2D eigenvalue weighted by atomic mass is 10.1. The largest absolute Gasteiger partial charge is 0.497 e. The first-order valence-corrected chi connectivity index (χ1v) is 8.49.